The molecule has 0 fully saturated rings. The second kappa shape index (κ2) is 19.0. The van der Waals surface area contributed by atoms with Crippen LogP contribution < -0.4 is 14.5 Å². The molecule has 0 radical (unpaired) electrons. The zero-order valence-electron chi connectivity index (χ0n) is 47.5. The first-order valence-corrected chi connectivity index (χ1v) is 27.4. The summed E-state index contributed by atoms with van der Waals surface area (Å²) in [7, 11) is 0. The molecule has 0 aliphatic carbocycles. The van der Waals surface area contributed by atoms with Crippen LogP contribution in [0.5, 0.6) is 11.5 Å². The molecule has 0 spiro atoms. The van der Waals surface area contributed by atoms with E-state index in [-0.39, 0.29) is 27.1 Å². The summed E-state index contributed by atoms with van der Waals surface area (Å²) < 4.78 is 9.59. The Morgan fingerprint density at radius 1 is 0.364 bits per heavy atom. The van der Waals surface area contributed by atoms with E-state index in [0.29, 0.717) is 6.67 Å². The summed E-state index contributed by atoms with van der Waals surface area (Å²) in [5, 5.41) is 2.35. The van der Waals surface area contributed by atoms with Crippen LogP contribution in [0.2, 0.25) is 0 Å². The number of hydrogen-bond acceptors (Lipinski definition) is 4. The van der Waals surface area contributed by atoms with Crippen molar-refractivity contribution in [2.45, 2.75) is 117 Å². The van der Waals surface area contributed by atoms with Crippen LogP contribution in [0.3, 0.4) is 0 Å². The molecule has 1 aliphatic heterocycles. The molecular formula is C72H74N4O. The summed E-state index contributed by atoms with van der Waals surface area (Å²) in [6.45, 7) is 30.5. The lowest BCUT2D eigenvalue weighted by atomic mass is 9.77. The zero-order chi connectivity index (χ0) is 54.2. The summed E-state index contributed by atoms with van der Waals surface area (Å²) in [6.07, 6.45) is 1.95. The predicted octanol–water partition coefficient (Wildman–Crippen LogP) is 19.4. The minimum absolute atomic E-state index is 0.0316. The molecule has 0 N–H and O–H groups in total. The average Bonchev–Trinajstić information content (AvgIpc) is 3.97. The van der Waals surface area contributed by atoms with E-state index in [1.54, 1.807) is 0 Å². The van der Waals surface area contributed by atoms with Crippen molar-refractivity contribution in [2.75, 3.05) is 16.5 Å². The fraction of sp³-hybridized carbons (Fsp3) is 0.264. The number of fused-ring (bicyclic) bond motifs is 4. The SMILES string of the molecule is CC(C)(C)c1cc(-c2ccccc2)cc(N2CN(c3cc(Oc4ccc5c6ccc(C(C)(C)C)cc6n(-c6cc(C(C)(C)C)ccn6)c5c4)cc(C(C)(C)c4ccccc4)c3)c3ccc(C(C)(C)c4ccccc4)cc32)c1. The summed E-state index contributed by atoms with van der Waals surface area (Å²) in [6, 6.07) is 71.6. The highest BCUT2D eigenvalue weighted by Gasteiger charge is 2.34. The molecule has 0 amide bonds. The number of rotatable bonds is 10. The molecule has 5 heteroatoms. The maximum atomic E-state index is 7.26. The molecule has 0 bridgehead atoms. The fourth-order valence-corrected chi connectivity index (χ4v) is 11.2. The maximum absolute atomic E-state index is 7.26. The molecule has 388 valence electrons. The van der Waals surface area contributed by atoms with Gasteiger partial charge in [-0.1, -0.05) is 205 Å². The third kappa shape index (κ3) is 9.71. The highest BCUT2D eigenvalue weighted by Crippen LogP contribution is 2.50. The number of anilines is 4. The highest BCUT2D eigenvalue weighted by molar-refractivity contribution is 6.09. The van der Waals surface area contributed by atoms with Crippen molar-refractivity contribution in [3.05, 3.63) is 239 Å². The van der Waals surface area contributed by atoms with Crippen molar-refractivity contribution in [1.82, 2.24) is 9.55 Å². The molecule has 0 saturated carbocycles. The summed E-state index contributed by atoms with van der Waals surface area (Å²) in [4.78, 5) is 10.1. The Bertz CT molecular complexity index is 3810. The maximum Gasteiger partial charge on any atom is 0.137 e. The lowest BCUT2D eigenvalue weighted by Gasteiger charge is -2.29. The van der Waals surface area contributed by atoms with Gasteiger partial charge in [-0.15, -0.1) is 0 Å². The lowest BCUT2D eigenvalue weighted by molar-refractivity contribution is 0.480. The van der Waals surface area contributed by atoms with Gasteiger partial charge < -0.3 is 14.5 Å². The molecular weight excluding hydrogens is 937 g/mol. The van der Waals surface area contributed by atoms with Gasteiger partial charge in [0.05, 0.1) is 22.4 Å². The summed E-state index contributed by atoms with van der Waals surface area (Å²) >= 11 is 0. The quantitative estimate of drug-likeness (QED) is 0.137. The van der Waals surface area contributed by atoms with Gasteiger partial charge in [0.15, 0.2) is 0 Å². The van der Waals surface area contributed by atoms with Gasteiger partial charge in [-0.05, 0) is 133 Å². The monoisotopic (exact) mass is 1010 g/mol. The van der Waals surface area contributed by atoms with Crippen LogP contribution in [0.1, 0.15) is 129 Å². The van der Waals surface area contributed by atoms with E-state index < -0.39 is 0 Å². The molecule has 5 nitrogen and oxygen atoms in total. The Labute approximate surface area is 457 Å². The van der Waals surface area contributed by atoms with Gasteiger partial charge in [-0.3, -0.25) is 4.57 Å². The van der Waals surface area contributed by atoms with Crippen LogP contribution in [-0.2, 0) is 27.1 Å². The van der Waals surface area contributed by atoms with Gasteiger partial charge in [-0.25, -0.2) is 4.98 Å². The average molecular weight is 1010 g/mol. The first kappa shape index (κ1) is 51.2. The van der Waals surface area contributed by atoms with Crippen LogP contribution in [0, 0.1) is 0 Å². The number of ether oxygens (including phenoxy) is 1. The predicted molar refractivity (Wildman–Crippen MR) is 326 cm³/mol. The molecule has 0 unspecified atom stereocenters. The van der Waals surface area contributed by atoms with Crippen molar-refractivity contribution < 1.29 is 4.74 Å². The largest absolute Gasteiger partial charge is 0.457 e. The van der Waals surface area contributed by atoms with Crippen molar-refractivity contribution in [3.8, 4) is 28.4 Å². The first-order valence-electron chi connectivity index (χ1n) is 27.4. The molecule has 1 aliphatic rings. The molecule has 2 aromatic heterocycles. The molecule has 10 aromatic rings. The highest BCUT2D eigenvalue weighted by atomic mass is 16.5. The summed E-state index contributed by atoms with van der Waals surface area (Å²) in [5.74, 6) is 2.43. The van der Waals surface area contributed by atoms with E-state index in [9.17, 15) is 0 Å². The van der Waals surface area contributed by atoms with Crippen LogP contribution in [0.15, 0.2) is 200 Å². The summed E-state index contributed by atoms with van der Waals surface area (Å²) in [5.41, 5.74) is 17.1. The minimum atomic E-state index is -0.363. The Balaban J connectivity index is 1.09. The van der Waals surface area contributed by atoms with E-state index in [2.05, 4.69) is 298 Å². The fourth-order valence-electron chi connectivity index (χ4n) is 11.2. The number of aromatic nitrogens is 2. The van der Waals surface area contributed by atoms with Crippen molar-refractivity contribution in [1.29, 1.82) is 0 Å². The molecule has 0 saturated heterocycles. The molecule has 3 heterocycles. The molecule has 8 aromatic carbocycles. The second-order valence-corrected chi connectivity index (χ2v) is 25.5. The first-order chi connectivity index (χ1) is 36.5. The van der Waals surface area contributed by atoms with E-state index in [4.69, 9.17) is 9.72 Å². The zero-order valence-corrected chi connectivity index (χ0v) is 47.5. The van der Waals surface area contributed by atoms with Crippen LogP contribution in [0.4, 0.5) is 22.7 Å². The van der Waals surface area contributed by atoms with Gasteiger partial charge >= 0.3 is 0 Å². The smallest absolute Gasteiger partial charge is 0.137 e. The van der Waals surface area contributed by atoms with Crippen LogP contribution in [0.25, 0.3) is 38.8 Å². The van der Waals surface area contributed by atoms with E-state index >= 15 is 0 Å². The van der Waals surface area contributed by atoms with Gasteiger partial charge in [0.25, 0.3) is 0 Å². The normalized spacial score (nSPS) is 13.4. The molecule has 0 atom stereocenters. The third-order valence-electron chi connectivity index (χ3n) is 16.4. The van der Waals surface area contributed by atoms with Crippen molar-refractivity contribution in [2.24, 2.45) is 0 Å². The van der Waals surface area contributed by atoms with Crippen molar-refractivity contribution in [3.63, 3.8) is 0 Å². The third-order valence-corrected chi connectivity index (χ3v) is 16.4. The Morgan fingerprint density at radius 3 is 1.53 bits per heavy atom. The number of pyridine rings is 1. The van der Waals surface area contributed by atoms with Crippen LogP contribution in [-0.4, -0.2) is 16.2 Å². The van der Waals surface area contributed by atoms with Gasteiger partial charge in [-0.2, -0.15) is 0 Å². The Kier molecular flexibility index (Phi) is 12.6. The number of benzene rings is 8. The topological polar surface area (TPSA) is 33.5 Å². The van der Waals surface area contributed by atoms with E-state index in [1.807, 2.05) is 6.20 Å². The second-order valence-electron chi connectivity index (χ2n) is 25.5. The minimum Gasteiger partial charge on any atom is -0.457 e. The Hall–Kier alpha value is -7.89. The Morgan fingerprint density at radius 2 is 0.896 bits per heavy atom. The number of hydrogen-bond donors (Lipinski definition) is 0. The van der Waals surface area contributed by atoms with Gasteiger partial charge in [0.2, 0.25) is 0 Å². The van der Waals surface area contributed by atoms with Gasteiger partial charge in [0, 0.05) is 51.3 Å². The van der Waals surface area contributed by atoms with Crippen LogP contribution >= 0.6 is 0 Å². The van der Waals surface area contributed by atoms with E-state index in [0.717, 1.165) is 56.4 Å². The van der Waals surface area contributed by atoms with Crippen molar-refractivity contribution >= 4 is 44.6 Å². The molecule has 11 rings (SSSR count). The van der Waals surface area contributed by atoms with E-state index in [1.165, 1.54) is 55.6 Å². The lowest BCUT2D eigenvalue weighted by Crippen LogP contribution is -2.25. The number of nitrogens with zero attached hydrogens (tertiary/aromatic N) is 4. The standard InChI is InChI=1S/C72H74N4O/c1-68(2,3)52-29-32-61-62-33-31-59(46-65(62)76(64(61)42-52)67-44-53(35-36-73-67)69(4,5)6)77-60-41-56(72(12,13)51-27-21-16-22-28-51)40-58(45-60)74-47-75(57-38-49(48-23-17-14-18-24-48)37-55(39-57)70(7,8)9)66-43-54(30-34-63(66)74)71(10,11)50-25-19-15-20-26-50/h14-46H,47H2,1-13H3. The molecule has 77 heavy (non-hydrogen) atoms. The van der Waals surface area contributed by atoms with Gasteiger partial charge in [0.1, 0.15) is 24.0 Å².